The molecule has 25 heavy (non-hydrogen) atoms. The molecule has 1 N–H and O–H groups in total. The molecule has 2 atom stereocenters. The summed E-state index contributed by atoms with van der Waals surface area (Å²) in [5.74, 6) is -1.62. The van der Waals surface area contributed by atoms with Crippen molar-refractivity contribution in [3.05, 3.63) is 29.3 Å². The fourth-order valence-corrected chi connectivity index (χ4v) is 4.73. The van der Waals surface area contributed by atoms with Gasteiger partial charge in [-0.15, -0.1) is 0 Å². The SMILES string of the molecule is C[C@@H]1[C@H](C(=O)O)CCCN1C(=O)c1ccc2c(c1)CCN2S(C)(=O)=O. The highest BCUT2D eigenvalue weighted by Gasteiger charge is 2.36. The predicted molar refractivity (Wildman–Crippen MR) is 93.2 cm³/mol. The van der Waals surface area contributed by atoms with Crippen LogP contribution in [0.1, 0.15) is 35.7 Å². The minimum Gasteiger partial charge on any atom is -0.481 e. The molecule has 136 valence electrons. The topological polar surface area (TPSA) is 95.0 Å². The maximum Gasteiger partial charge on any atom is 0.308 e. The Kier molecular flexibility index (Phi) is 4.49. The highest BCUT2D eigenvalue weighted by Crippen LogP contribution is 2.32. The van der Waals surface area contributed by atoms with Gasteiger partial charge in [-0.05, 0) is 49.9 Å². The molecule has 2 heterocycles. The maximum absolute atomic E-state index is 12.9. The predicted octanol–water partition coefficient (Wildman–Crippen LogP) is 1.33. The lowest BCUT2D eigenvalue weighted by Crippen LogP contribution is -2.49. The van der Waals surface area contributed by atoms with E-state index in [1.165, 1.54) is 10.6 Å². The molecule has 3 rings (SSSR count). The van der Waals surface area contributed by atoms with E-state index in [2.05, 4.69) is 0 Å². The van der Waals surface area contributed by atoms with Crippen LogP contribution in [0.4, 0.5) is 5.69 Å². The summed E-state index contributed by atoms with van der Waals surface area (Å²) >= 11 is 0. The molecular weight excluding hydrogens is 344 g/mol. The van der Waals surface area contributed by atoms with Gasteiger partial charge in [-0.1, -0.05) is 0 Å². The van der Waals surface area contributed by atoms with Gasteiger partial charge in [0, 0.05) is 24.7 Å². The molecule has 0 bridgehead atoms. The number of carboxylic acids is 1. The van der Waals surface area contributed by atoms with Crippen LogP contribution in [0.25, 0.3) is 0 Å². The van der Waals surface area contributed by atoms with Gasteiger partial charge >= 0.3 is 5.97 Å². The first-order valence-corrected chi connectivity index (χ1v) is 10.2. The molecule has 1 saturated heterocycles. The van der Waals surface area contributed by atoms with E-state index >= 15 is 0 Å². The van der Waals surface area contributed by atoms with Crippen LogP contribution in [-0.4, -0.2) is 55.7 Å². The molecule has 0 radical (unpaired) electrons. The largest absolute Gasteiger partial charge is 0.481 e. The molecule has 0 unspecified atom stereocenters. The first kappa shape index (κ1) is 17.7. The smallest absolute Gasteiger partial charge is 0.308 e. The van der Waals surface area contributed by atoms with E-state index in [4.69, 9.17) is 0 Å². The number of hydrogen-bond donors (Lipinski definition) is 1. The van der Waals surface area contributed by atoms with Crippen molar-refractivity contribution in [3.63, 3.8) is 0 Å². The summed E-state index contributed by atoms with van der Waals surface area (Å²) < 4.78 is 24.9. The molecule has 2 aliphatic rings. The molecule has 1 amide bonds. The number of likely N-dealkylation sites (tertiary alicyclic amines) is 1. The Morgan fingerprint density at radius 3 is 2.60 bits per heavy atom. The normalized spacial score (nSPS) is 23.4. The molecule has 1 aromatic rings. The van der Waals surface area contributed by atoms with Crippen molar-refractivity contribution in [2.24, 2.45) is 5.92 Å². The number of carboxylic acid groups (broad SMARTS) is 1. The third-order valence-corrected chi connectivity index (χ3v) is 6.33. The summed E-state index contributed by atoms with van der Waals surface area (Å²) in [4.78, 5) is 25.8. The lowest BCUT2D eigenvalue weighted by molar-refractivity contribution is -0.144. The van der Waals surface area contributed by atoms with Gasteiger partial charge in [0.05, 0.1) is 17.9 Å². The minimum atomic E-state index is -3.32. The van der Waals surface area contributed by atoms with Crippen LogP contribution in [0.15, 0.2) is 18.2 Å². The van der Waals surface area contributed by atoms with Crippen molar-refractivity contribution in [3.8, 4) is 0 Å². The lowest BCUT2D eigenvalue weighted by Gasteiger charge is -2.37. The number of nitrogens with zero attached hydrogens (tertiary/aromatic N) is 2. The van der Waals surface area contributed by atoms with Crippen LogP contribution in [0, 0.1) is 5.92 Å². The van der Waals surface area contributed by atoms with Crippen molar-refractivity contribution in [1.29, 1.82) is 0 Å². The van der Waals surface area contributed by atoms with Gasteiger partial charge in [-0.25, -0.2) is 8.42 Å². The van der Waals surface area contributed by atoms with E-state index in [0.29, 0.717) is 43.6 Å². The van der Waals surface area contributed by atoms with Crippen LogP contribution in [0.5, 0.6) is 0 Å². The van der Waals surface area contributed by atoms with Crippen LogP contribution in [0.2, 0.25) is 0 Å². The Morgan fingerprint density at radius 2 is 1.96 bits per heavy atom. The third-order valence-electron chi connectivity index (χ3n) is 5.15. The van der Waals surface area contributed by atoms with Gasteiger partial charge < -0.3 is 10.0 Å². The summed E-state index contributed by atoms with van der Waals surface area (Å²) in [6, 6.07) is 4.67. The molecule has 8 heteroatoms. The van der Waals surface area contributed by atoms with Crippen LogP contribution >= 0.6 is 0 Å². The van der Waals surface area contributed by atoms with Crippen LogP contribution in [0.3, 0.4) is 0 Å². The van der Waals surface area contributed by atoms with E-state index in [0.717, 1.165) is 5.56 Å². The molecule has 0 aliphatic carbocycles. The first-order valence-electron chi connectivity index (χ1n) is 8.34. The zero-order valence-corrected chi connectivity index (χ0v) is 15.1. The summed E-state index contributed by atoms with van der Waals surface area (Å²) in [6.07, 6.45) is 2.98. The van der Waals surface area contributed by atoms with Gasteiger partial charge in [-0.3, -0.25) is 13.9 Å². The Bertz CT molecular complexity index is 820. The fraction of sp³-hybridized carbons (Fsp3) is 0.529. The highest BCUT2D eigenvalue weighted by atomic mass is 32.2. The van der Waals surface area contributed by atoms with Crippen molar-refractivity contribution < 1.29 is 23.1 Å². The fourth-order valence-electron chi connectivity index (χ4n) is 3.77. The minimum absolute atomic E-state index is 0.195. The Morgan fingerprint density at radius 1 is 1.24 bits per heavy atom. The van der Waals surface area contributed by atoms with Gasteiger partial charge in [0.15, 0.2) is 0 Å². The monoisotopic (exact) mass is 366 g/mol. The van der Waals surface area contributed by atoms with Crippen molar-refractivity contribution in [2.75, 3.05) is 23.7 Å². The molecule has 0 aromatic heterocycles. The number of amides is 1. The number of sulfonamides is 1. The van der Waals surface area contributed by atoms with Gasteiger partial charge in [0.1, 0.15) is 0 Å². The summed E-state index contributed by atoms with van der Waals surface area (Å²) in [7, 11) is -3.32. The first-order chi connectivity index (χ1) is 11.7. The molecule has 0 spiro atoms. The molecular formula is C17H22N2O5S. The second-order valence-electron chi connectivity index (χ2n) is 6.75. The Balaban J connectivity index is 1.86. The van der Waals surface area contributed by atoms with E-state index in [1.54, 1.807) is 30.0 Å². The molecule has 7 nitrogen and oxygen atoms in total. The highest BCUT2D eigenvalue weighted by molar-refractivity contribution is 7.92. The number of hydrogen-bond acceptors (Lipinski definition) is 4. The van der Waals surface area contributed by atoms with Crippen molar-refractivity contribution >= 4 is 27.6 Å². The number of fused-ring (bicyclic) bond motifs is 1. The Labute approximate surface area is 147 Å². The van der Waals surface area contributed by atoms with Gasteiger partial charge in [0.2, 0.25) is 10.0 Å². The summed E-state index contributed by atoms with van der Waals surface area (Å²) in [5.41, 5.74) is 1.93. The second kappa shape index (κ2) is 6.33. The standard InChI is InChI=1S/C17H22N2O5S/c1-11-14(17(21)22)4-3-8-18(11)16(20)13-5-6-15-12(10-13)7-9-19(15)25(2,23)24/h5-6,10-11,14H,3-4,7-9H2,1-2H3,(H,21,22)/t11-,14-/m1/s1. The summed E-state index contributed by atoms with van der Waals surface area (Å²) in [5, 5.41) is 9.31. The van der Waals surface area contributed by atoms with E-state index < -0.39 is 21.9 Å². The number of anilines is 1. The average Bonchev–Trinajstić information content (AvgIpc) is 2.97. The average molecular weight is 366 g/mol. The van der Waals surface area contributed by atoms with Crippen molar-refractivity contribution in [1.82, 2.24) is 4.90 Å². The lowest BCUT2D eigenvalue weighted by atomic mass is 9.89. The number of piperidine rings is 1. The van der Waals surface area contributed by atoms with E-state index in [1.807, 2.05) is 0 Å². The van der Waals surface area contributed by atoms with Crippen molar-refractivity contribution in [2.45, 2.75) is 32.2 Å². The number of rotatable bonds is 3. The van der Waals surface area contributed by atoms with E-state index in [-0.39, 0.29) is 11.9 Å². The van der Waals surface area contributed by atoms with Crippen LogP contribution in [-0.2, 0) is 21.2 Å². The number of benzene rings is 1. The quantitative estimate of drug-likeness (QED) is 0.871. The Hall–Kier alpha value is -2.09. The van der Waals surface area contributed by atoms with E-state index in [9.17, 15) is 23.1 Å². The second-order valence-corrected chi connectivity index (χ2v) is 8.66. The summed E-state index contributed by atoms with van der Waals surface area (Å²) in [6.45, 7) is 2.69. The molecule has 2 aliphatic heterocycles. The van der Waals surface area contributed by atoms with Gasteiger partial charge in [-0.2, -0.15) is 0 Å². The van der Waals surface area contributed by atoms with Gasteiger partial charge in [0.25, 0.3) is 5.91 Å². The zero-order valence-electron chi connectivity index (χ0n) is 14.3. The number of aliphatic carboxylic acids is 1. The maximum atomic E-state index is 12.9. The number of carbonyl (C=O) groups excluding carboxylic acids is 1. The molecule has 0 saturated carbocycles. The number of carbonyl (C=O) groups is 2. The zero-order chi connectivity index (χ0) is 18.4. The van der Waals surface area contributed by atoms with Crippen LogP contribution < -0.4 is 4.31 Å². The molecule has 1 aromatic carbocycles. The third kappa shape index (κ3) is 3.22. The molecule has 1 fully saturated rings.